The number of rotatable bonds is 3. The van der Waals surface area contributed by atoms with E-state index >= 15 is 0 Å². The normalized spacial score (nSPS) is 11.1. The molecular formula is C21H14F5O. The summed E-state index contributed by atoms with van der Waals surface area (Å²) in [7, 11) is 0. The molecule has 3 aromatic carbocycles. The van der Waals surface area contributed by atoms with Gasteiger partial charge < -0.3 is 0 Å². The monoisotopic (exact) mass is 377 g/mol. The molecule has 6 heteroatoms. The Morgan fingerprint density at radius 3 is 1.81 bits per heavy atom. The van der Waals surface area contributed by atoms with Crippen molar-refractivity contribution in [2.24, 2.45) is 0 Å². The van der Waals surface area contributed by atoms with Crippen LogP contribution in [-0.4, -0.2) is 0 Å². The maximum absolute atomic E-state index is 14.4. The SMILES string of the molecule is CCc1c(F)c(F)c([O])c(-c2cc(F)c(F)c(F)c2)c1-c1ccc(C)cc1. The van der Waals surface area contributed by atoms with E-state index in [4.69, 9.17) is 0 Å². The Kier molecular flexibility index (Phi) is 4.91. The van der Waals surface area contributed by atoms with Gasteiger partial charge in [0.15, 0.2) is 23.3 Å². The Morgan fingerprint density at radius 1 is 0.741 bits per heavy atom. The first kappa shape index (κ1) is 18.9. The van der Waals surface area contributed by atoms with Gasteiger partial charge in [-0.15, -0.1) is 0 Å². The zero-order valence-electron chi connectivity index (χ0n) is 14.5. The van der Waals surface area contributed by atoms with Crippen LogP contribution in [0.2, 0.25) is 0 Å². The number of aryl methyl sites for hydroxylation is 1. The van der Waals surface area contributed by atoms with E-state index < -0.39 is 40.4 Å². The average Bonchev–Trinajstić information content (AvgIpc) is 2.64. The standard InChI is InChI=1S/C21H14F5O/c1-3-13-16(11-6-4-10(2)5-7-11)17(21(27)20(26)18(13)24)12-8-14(22)19(25)15(23)9-12/h4-9H,3H2,1-2H3. The van der Waals surface area contributed by atoms with Crippen LogP contribution in [0.25, 0.3) is 22.3 Å². The maximum Gasteiger partial charge on any atom is 0.225 e. The van der Waals surface area contributed by atoms with Gasteiger partial charge in [-0.05, 0) is 47.7 Å². The fraction of sp³-hybridized carbons (Fsp3) is 0.143. The second-order valence-electron chi connectivity index (χ2n) is 6.16. The molecule has 3 rings (SSSR count). The van der Waals surface area contributed by atoms with Crippen LogP contribution in [0.5, 0.6) is 5.75 Å². The van der Waals surface area contributed by atoms with Gasteiger partial charge >= 0.3 is 0 Å². The molecule has 0 fully saturated rings. The third kappa shape index (κ3) is 3.16. The summed E-state index contributed by atoms with van der Waals surface area (Å²) in [6.45, 7) is 3.38. The molecule has 0 saturated carbocycles. The quantitative estimate of drug-likeness (QED) is 0.356. The molecule has 0 aromatic heterocycles. The van der Waals surface area contributed by atoms with Crippen LogP contribution in [0.3, 0.4) is 0 Å². The van der Waals surface area contributed by atoms with Gasteiger partial charge in [-0.1, -0.05) is 36.8 Å². The van der Waals surface area contributed by atoms with Crippen molar-refractivity contribution in [1.82, 2.24) is 0 Å². The van der Waals surface area contributed by atoms with E-state index in [1.165, 1.54) is 0 Å². The molecule has 1 nitrogen and oxygen atoms in total. The molecule has 0 N–H and O–H groups in total. The lowest BCUT2D eigenvalue weighted by molar-refractivity contribution is 0.321. The van der Waals surface area contributed by atoms with E-state index in [9.17, 15) is 27.1 Å². The van der Waals surface area contributed by atoms with Crippen molar-refractivity contribution in [3.05, 3.63) is 76.6 Å². The first-order chi connectivity index (χ1) is 12.8. The van der Waals surface area contributed by atoms with Crippen LogP contribution in [0.1, 0.15) is 18.1 Å². The lowest BCUT2D eigenvalue weighted by atomic mass is 9.87. The number of hydrogen-bond acceptors (Lipinski definition) is 0. The Labute approximate surface area is 152 Å². The third-order valence-corrected chi connectivity index (χ3v) is 4.40. The molecule has 139 valence electrons. The van der Waals surface area contributed by atoms with Gasteiger partial charge in [0, 0.05) is 5.56 Å². The third-order valence-electron chi connectivity index (χ3n) is 4.40. The highest BCUT2D eigenvalue weighted by Crippen LogP contribution is 2.45. The highest BCUT2D eigenvalue weighted by atomic mass is 19.2. The van der Waals surface area contributed by atoms with Crippen molar-refractivity contribution in [2.45, 2.75) is 20.3 Å². The summed E-state index contributed by atoms with van der Waals surface area (Å²) in [5, 5.41) is 12.5. The second kappa shape index (κ2) is 7.02. The minimum Gasteiger partial charge on any atom is -0.286 e. The predicted molar refractivity (Wildman–Crippen MR) is 91.4 cm³/mol. The molecule has 1 radical (unpaired) electrons. The van der Waals surface area contributed by atoms with E-state index in [0.29, 0.717) is 17.7 Å². The number of hydrogen-bond donors (Lipinski definition) is 0. The first-order valence-electron chi connectivity index (χ1n) is 8.19. The topological polar surface area (TPSA) is 19.9 Å². The molecule has 0 aliphatic heterocycles. The van der Waals surface area contributed by atoms with Crippen LogP contribution in [0.4, 0.5) is 22.0 Å². The summed E-state index contributed by atoms with van der Waals surface area (Å²) >= 11 is 0. The van der Waals surface area contributed by atoms with Crippen molar-refractivity contribution >= 4 is 0 Å². The minimum absolute atomic E-state index is 0.0331. The van der Waals surface area contributed by atoms with E-state index in [0.717, 1.165) is 5.56 Å². The number of halogens is 5. The van der Waals surface area contributed by atoms with Crippen LogP contribution in [0.15, 0.2) is 36.4 Å². The largest absolute Gasteiger partial charge is 0.286 e. The summed E-state index contributed by atoms with van der Waals surface area (Å²) in [4.78, 5) is 0. The molecular weight excluding hydrogens is 363 g/mol. The summed E-state index contributed by atoms with van der Waals surface area (Å²) in [6.07, 6.45) is 0.0331. The molecule has 0 atom stereocenters. The lowest BCUT2D eigenvalue weighted by Gasteiger charge is -2.18. The molecule has 0 spiro atoms. The summed E-state index contributed by atoms with van der Waals surface area (Å²) in [5.41, 5.74) is 0.437. The van der Waals surface area contributed by atoms with E-state index in [-0.39, 0.29) is 23.1 Å². The van der Waals surface area contributed by atoms with Crippen LogP contribution in [-0.2, 0) is 11.5 Å². The van der Waals surface area contributed by atoms with Gasteiger partial charge in [0.1, 0.15) is 0 Å². The van der Waals surface area contributed by atoms with E-state index in [1.807, 2.05) is 6.92 Å². The van der Waals surface area contributed by atoms with Crippen LogP contribution < -0.4 is 0 Å². The average molecular weight is 377 g/mol. The van der Waals surface area contributed by atoms with Crippen LogP contribution in [0, 0.1) is 36.0 Å². The van der Waals surface area contributed by atoms with Gasteiger partial charge in [0.05, 0.1) is 0 Å². The fourth-order valence-electron chi connectivity index (χ4n) is 3.06. The molecule has 0 amide bonds. The fourth-order valence-corrected chi connectivity index (χ4v) is 3.06. The van der Waals surface area contributed by atoms with Crippen molar-refractivity contribution in [1.29, 1.82) is 0 Å². The molecule has 0 heterocycles. The Balaban J connectivity index is 2.46. The maximum atomic E-state index is 14.4. The molecule has 0 aliphatic carbocycles. The zero-order chi connectivity index (χ0) is 19.9. The minimum atomic E-state index is -1.71. The lowest BCUT2D eigenvalue weighted by Crippen LogP contribution is -2.02. The summed E-state index contributed by atoms with van der Waals surface area (Å²) < 4.78 is 69.4. The van der Waals surface area contributed by atoms with Crippen molar-refractivity contribution in [3.63, 3.8) is 0 Å². The Morgan fingerprint density at radius 2 is 1.30 bits per heavy atom. The summed E-state index contributed by atoms with van der Waals surface area (Å²) in [6, 6.07) is 7.81. The Hall–Kier alpha value is -2.89. The van der Waals surface area contributed by atoms with Crippen LogP contribution >= 0.6 is 0 Å². The second-order valence-corrected chi connectivity index (χ2v) is 6.16. The Bertz CT molecular complexity index is 1000. The molecule has 0 saturated heterocycles. The summed E-state index contributed by atoms with van der Waals surface area (Å²) in [5.74, 6) is -9.04. The highest BCUT2D eigenvalue weighted by molar-refractivity contribution is 5.90. The van der Waals surface area contributed by atoms with Gasteiger partial charge in [-0.2, -0.15) is 4.39 Å². The van der Waals surface area contributed by atoms with E-state index in [1.54, 1.807) is 31.2 Å². The van der Waals surface area contributed by atoms with Crippen molar-refractivity contribution in [3.8, 4) is 28.0 Å². The molecule has 0 aliphatic rings. The molecule has 0 bridgehead atoms. The molecule has 27 heavy (non-hydrogen) atoms. The van der Waals surface area contributed by atoms with Gasteiger partial charge in [0.2, 0.25) is 11.6 Å². The van der Waals surface area contributed by atoms with Gasteiger partial charge in [0.25, 0.3) is 0 Å². The predicted octanol–water partition coefficient (Wildman–Crippen LogP) is 6.73. The van der Waals surface area contributed by atoms with Gasteiger partial charge in [-0.25, -0.2) is 17.6 Å². The highest BCUT2D eigenvalue weighted by Gasteiger charge is 2.28. The van der Waals surface area contributed by atoms with Crippen molar-refractivity contribution < 1.29 is 27.1 Å². The molecule has 0 unspecified atom stereocenters. The van der Waals surface area contributed by atoms with E-state index in [2.05, 4.69) is 0 Å². The smallest absolute Gasteiger partial charge is 0.225 e. The molecule has 3 aromatic rings. The number of benzene rings is 3. The first-order valence-corrected chi connectivity index (χ1v) is 8.19. The van der Waals surface area contributed by atoms with Gasteiger partial charge in [-0.3, -0.25) is 5.11 Å². The van der Waals surface area contributed by atoms with Crippen molar-refractivity contribution in [2.75, 3.05) is 0 Å². The zero-order valence-corrected chi connectivity index (χ0v) is 14.5.